The summed E-state index contributed by atoms with van der Waals surface area (Å²) in [7, 11) is 0. The lowest BCUT2D eigenvalue weighted by Crippen LogP contribution is -2.32. The molecule has 0 aliphatic rings. The van der Waals surface area contributed by atoms with E-state index >= 15 is 0 Å². The Morgan fingerprint density at radius 2 is 2.00 bits per heavy atom. The van der Waals surface area contributed by atoms with Gasteiger partial charge in [-0.2, -0.15) is 0 Å². The summed E-state index contributed by atoms with van der Waals surface area (Å²) in [5.41, 5.74) is -0.745. The van der Waals surface area contributed by atoms with E-state index in [4.69, 9.17) is 23.2 Å². The van der Waals surface area contributed by atoms with Gasteiger partial charge in [-0.3, -0.25) is 0 Å². The van der Waals surface area contributed by atoms with Crippen LogP contribution in [0.1, 0.15) is 31.9 Å². The maximum absolute atomic E-state index is 9.96. The van der Waals surface area contributed by atoms with Crippen LogP contribution in [0.15, 0.2) is 18.2 Å². The highest BCUT2D eigenvalue weighted by molar-refractivity contribution is 6.33. The monoisotopic (exact) mass is 248 g/mol. The van der Waals surface area contributed by atoms with E-state index in [9.17, 15) is 10.2 Å². The largest absolute Gasteiger partial charge is 0.387 e. The molecule has 84 valence electrons. The summed E-state index contributed by atoms with van der Waals surface area (Å²) in [5.74, 6) is 0. The van der Waals surface area contributed by atoms with Crippen molar-refractivity contribution in [2.75, 3.05) is 0 Å². The molecule has 0 aliphatic heterocycles. The molecule has 4 heteroatoms. The average molecular weight is 249 g/mol. The van der Waals surface area contributed by atoms with Crippen molar-refractivity contribution in [1.82, 2.24) is 0 Å². The van der Waals surface area contributed by atoms with Crippen LogP contribution < -0.4 is 0 Å². The summed E-state index contributed by atoms with van der Waals surface area (Å²) in [5, 5.41) is 20.8. The highest BCUT2D eigenvalue weighted by atomic mass is 35.5. The zero-order valence-electron chi connectivity index (χ0n) is 8.67. The maximum Gasteiger partial charge on any atom is 0.109 e. The molecular formula is C11H14Cl2O2. The summed E-state index contributed by atoms with van der Waals surface area (Å²) in [6.45, 7) is 3.36. The van der Waals surface area contributed by atoms with Crippen LogP contribution in [0.3, 0.4) is 0 Å². The van der Waals surface area contributed by atoms with E-state index in [0.29, 0.717) is 22.0 Å². The van der Waals surface area contributed by atoms with Crippen molar-refractivity contribution in [3.63, 3.8) is 0 Å². The highest BCUT2D eigenvalue weighted by Gasteiger charge is 2.31. The predicted molar refractivity (Wildman–Crippen MR) is 62.3 cm³/mol. The van der Waals surface area contributed by atoms with Gasteiger partial charge in [0.2, 0.25) is 0 Å². The highest BCUT2D eigenvalue weighted by Crippen LogP contribution is 2.34. The van der Waals surface area contributed by atoms with Crippen LogP contribution >= 0.6 is 23.2 Å². The van der Waals surface area contributed by atoms with Crippen LogP contribution in [-0.2, 0) is 0 Å². The number of rotatable bonds is 3. The number of aliphatic hydroxyl groups is 2. The molecule has 0 aliphatic carbocycles. The fourth-order valence-electron chi connectivity index (χ4n) is 1.25. The Balaban J connectivity index is 3.10. The van der Waals surface area contributed by atoms with Gasteiger partial charge in [0.05, 0.1) is 5.60 Å². The molecule has 2 N–H and O–H groups in total. The van der Waals surface area contributed by atoms with Gasteiger partial charge in [-0.25, -0.2) is 0 Å². The SMILES string of the molecule is CCC(C)(O)C(O)c1cc(Cl)ccc1Cl. The Kier molecular flexibility index (Phi) is 4.01. The van der Waals surface area contributed by atoms with Crippen LogP contribution in [0.2, 0.25) is 10.0 Å². The summed E-state index contributed by atoms with van der Waals surface area (Å²) in [4.78, 5) is 0. The van der Waals surface area contributed by atoms with Crippen molar-refractivity contribution >= 4 is 23.2 Å². The quantitative estimate of drug-likeness (QED) is 0.863. The minimum Gasteiger partial charge on any atom is -0.387 e. The Morgan fingerprint density at radius 3 is 2.53 bits per heavy atom. The second kappa shape index (κ2) is 4.71. The Bertz CT molecular complexity index is 350. The second-order valence-corrected chi connectivity index (χ2v) is 4.62. The van der Waals surface area contributed by atoms with Crippen molar-refractivity contribution in [1.29, 1.82) is 0 Å². The van der Waals surface area contributed by atoms with Crippen molar-refractivity contribution in [2.24, 2.45) is 0 Å². The lowest BCUT2D eigenvalue weighted by molar-refractivity contribution is -0.0658. The molecule has 2 atom stereocenters. The first-order valence-electron chi connectivity index (χ1n) is 4.74. The van der Waals surface area contributed by atoms with E-state index in [1.54, 1.807) is 32.0 Å². The van der Waals surface area contributed by atoms with E-state index in [-0.39, 0.29) is 0 Å². The van der Waals surface area contributed by atoms with E-state index in [2.05, 4.69) is 0 Å². The minimum atomic E-state index is -1.20. The smallest absolute Gasteiger partial charge is 0.109 e. The molecule has 2 unspecified atom stereocenters. The van der Waals surface area contributed by atoms with Gasteiger partial charge in [0, 0.05) is 15.6 Å². The lowest BCUT2D eigenvalue weighted by atomic mass is 9.90. The van der Waals surface area contributed by atoms with Crippen LogP contribution in [0.5, 0.6) is 0 Å². The first-order chi connectivity index (χ1) is 6.88. The first-order valence-corrected chi connectivity index (χ1v) is 5.49. The molecule has 0 spiro atoms. The zero-order valence-corrected chi connectivity index (χ0v) is 10.2. The Hall–Kier alpha value is -0.280. The molecule has 0 aromatic heterocycles. The van der Waals surface area contributed by atoms with Crippen LogP contribution in [0.25, 0.3) is 0 Å². The molecule has 0 radical (unpaired) electrons. The van der Waals surface area contributed by atoms with Gasteiger partial charge in [-0.1, -0.05) is 30.1 Å². The molecule has 0 amide bonds. The van der Waals surface area contributed by atoms with Crippen molar-refractivity contribution in [3.05, 3.63) is 33.8 Å². The molecule has 2 nitrogen and oxygen atoms in total. The molecule has 0 saturated heterocycles. The molecule has 15 heavy (non-hydrogen) atoms. The van der Waals surface area contributed by atoms with Gasteiger partial charge in [-0.05, 0) is 31.5 Å². The number of halogens is 2. The van der Waals surface area contributed by atoms with Gasteiger partial charge in [0.15, 0.2) is 0 Å². The minimum absolute atomic E-state index is 0.403. The number of benzene rings is 1. The summed E-state index contributed by atoms with van der Waals surface area (Å²) in [6.07, 6.45) is -0.606. The van der Waals surface area contributed by atoms with Crippen LogP contribution in [0, 0.1) is 0 Å². The van der Waals surface area contributed by atoms with E-state index in [1.165, 1.54) is 0 Å². The molecule has 1 aromatic carbocycles. The van der Waals surface area contributed by atoms with Gasteiger partial charge < -0.3 is 10.2 Å². The van der Waals surface area contributed by atoms with Crippen molar-refractivity contribution < 1.29 is 10.2 Å². The third-order valence-corrected chi connectivity index (χ3v) is 3.14. The lowest BCUT2D eigenvalue weighted by Gasteiger charge is -2.28. The topological polar surface area (TPSA) is 40.5 Å². The zero-order chi connectivity index (χ0) is 11.6. The third-order valence-electron chi connectivity index (χ3n) is 2.56. The fourth-order valence-corrected chi connectivity index (χ4v) is 1.65. The van der Waals surface area contributed by atoms with Crippen molar-refractivity contribution in [3.8, 4) is 0 Å². The summed E-state index contributed by atoms with van der Waals surface area (Å²) >= 11 is 11.7. The number of hydrogen-bond acceptors (Lipinski definition) is 2. The summed E-state index contributed by atoms with van der Waals surface area (Å²) in [6, 6.07) is 4.81. The number of aliphatic hydroxyl groups excluding tert-OH is 1. The molecule has 0 saturated carbocycles. The van der Waals surface area contributed by atoms with E-state index in [0.717, 1.165) is 0 Å². The third kappa shape index (κ3) is 2.85. The maximum atomic E-state index is 9.96. The van der Waals surface area contributed by atoms with Gasteiger partial charge in [0.1, 0.15) is 6.10 Å². The molecule has 0 bridgehead atoms. The van der Waals surface area contributed by atoms with E-state index in [1.807, 2.05) is 0 Å². The fraction of sp³-hybridized carbons (Fsp3) is 0.455. The van der Waals surface area contributed by atoms with Gasteiger partial charge in [-0.15, -0.1) is 0 Å². The Morgan fingerprint density at radius 1 is 1.40 bits per heavy atom. The van der Waals surface area contributed by atoms with Gasteiger partial charge in [0.25, 0.3) is 0 Å². The van der Waals surface area contributed by atoms with Crippen LogP contribution in [0.4, 0.5) is 0 Å². The predicted octanol–water partition coefficient (Wildman–Crippen LogP) is 3.19. The van der Waals surface area contributed by atoms with E-state index < -0.39 is 11.7 Å². The molecule has 0 fully saturated rings. The molecule has 0 heterocycles. The first kappa shape index (κ1) is 12.8. The molecule has 1 aromatic rings. The number of hydrogen-bond donors (Lipinski definition) is 2. The van der Waals surface area contributed by atoms with Crippen molar-refractivity contribution in [2.45, 2.75) is 32.0 Å². The average Bonchev–Trinajstić information content (AvgIpc) is 2.20. The van der Waals surface area contributed by atoms with Gasteiger partial charge >= 0.3 is 0 Å². The molecule has 1 rings (SSSR count). The second-order valence-electron chi connectivity index (χ2n) is 3.78. The molecular weight excluding hydrogens is 235 g/mol. The Labute approximate surface area is 99.5 Å². The normalized spacial score (nSPS) is 17.2. The van der Waals surface area contributed by atoms with Crippen LogP contribution in [-0.4, -0.2) is 15.8 Å². The standard InChI is InChI=1S/C11H14Cl2O2/c1-3-11(2,15)10(14)8-6-7(12)4-5-9(8)13/h4-6,10,14-15H,3H2,1-2H3. The summed E-state index contributed by atoms with van der Waals surface area (Å²) < 4.78 is 0.